The van der Waals surface area contributed by atoms with Crippen LogP contribution in [0.1, 0.15) is 36.6 Å². The average Bonchev–Trinajstić information content (AvgIpc) is 2.84. The van der Waals surface area contributed by atoms with Gasteiger partial charge in [0, 0.05) is 24.0 Å². The molecule has 0 saturated carbocycles. The van der Waals surface area contributed by atoms with Crippen molar-refractivity contribution in [2.75, 3.05) is 13.1 Å². The number of hydrogen-bond donors (Lipinski definition) is 1. The van der Waals surface area contributed by atoms with E-state index in [4.69, 9.17) is 5.11 Å². The van der Waals surface area contributed by atoms with Gasteiger partial charge in [0.05, 0.1) is 0 Å². The number of rotatable bonds is 5. The molecule has 1 fully saturated rings. The second-order valence-corrected chi connectivity index (χ2v) is 6.17. The molecule has 0 amide bonds. The van der Waals surface area contributed by atoms with Crippen molar-refractivity contribution in [3.63, 3.8) is 0 Å². The normalized spacial score (nSPS) is 21.0. The van der Waals surface area contributed by atoms with Crippen molar-refractivity contribution in [3.8, 4) is 0 Å². The van der Waals surface area contributed by atoms with Crippen molar-refractivity contribution in [1.82, 2.24) is 4.90 Å². The molecule has 1 saturated heterocycles. The number of aliphatic carboxylic acids is 1. The van der Waals surface area contributed by atoms with Gasteiger partial charge in [0.1, 0.15) is 0 Å². The summed E-state index contributed by atoms with van der Waals surface area (Å²) in [4.78, 5) is 14.3. The molecule has 1 N–H and O–H groups in total. The molecule has 2 rings (SSSR count). The van der Waals surface area contributed by atoms with Crippen LogP contribution in [0.3, 0.4) is 0 Å². The molecule has 1 aliphatic heterocycles. The highest BCUT2D eigenvalue weighted by molar-refractivity contribution is 7.10. The van der Waals surface area contributed by atoms with E-state index in [2.05, 4.69) is 17.9 Å². The van der Waals surface area contributed by atoms with Crippen LogP contribution < -0.4 is 0 Å². The van der Waals surface area contributed by atoms with Crippen LogP contribution in [0, 0.1) is 5.92 Å². The first kappa shape index (κ1) is 14.3. The number of thiophene rings is 1. The molecule has 19 heavy (non-hydrogen) atoms. The number of hydrogen-bond acceptors (Lipinski definition) is 3. The molecule has 1 atom stereocenters. The monoisotopic (exact) mass is 279 g/mol. The SMILES string of the molecule is CCC1CCCN(Cc2cc(C=CC(=O)O)cs2)C1. The standard InChI is InChI=1S/C15H21NO2S/c1-2-12-4-3-7-16(9-12)10-14-8-13(11-19-14)5-6-15(17)18/h5-6,8,11-12H,2-4,7,9-10H2,1H3,(H,17,18). The van der Waals surface area contributed by atoms with Gasteiger partial charge in [0.15, 0.2) is 0 Å². The summed E-state index contributed by atoms with van der Waals surface area (Å²) in [6.45, 7) is 5.67. The highest BCUT2D eigenvalue weighted by atomic mass is 32.1. The largest absolute Gasteiger partial charge is 0.478 e. The third-order valence-electron chi connectivity index (χ3n) is 3.65. The predicted molar refractivity (Wildman–Crippen MR) is 79.3 cm³/mol. The van der Waals surface area contributed by atoms with E-state index in [1.54, 1.807) is 17.4 Å². The van der Waals surface area contributed by atoms with Gasteiger partial charge in [0.2, 0.25) is 0 Å². The Morgan fingerprint density at radius 1 is 1.63 bits per heavy atom. The summed E-state index contributed by atoms with van der Waals surface area (Å²) in [5.41, 5.74) is 0.992. The third-order valence-corrected chi connectivity index (χ3v) is 4.59. The van der Waals surface area contributed by atoms with E-state index in [1.807, 2.05) is 5.38 Å². The Kier molecular flexibility index (Phi) is 5.16. The molecule has 2 heterocycles. The van der Waals surface area contributed by atoms with E-state index in [0.717, 1.165) is 18.0 Å². The lowest BCUT2D eigenvalue weighted by Crippen LogP contribution is -2.34. The molecule has 0 aromatic carbocycles. The molecule has 0 bridgehead atoms. The van der Waals surface area contributed by atoms with Gasteiger partial charge in [-0.15, -0.1) is 11.3 Å². The molecular formula is C15H21NO2S. The minimum Gasteiger partial charge on any atom is -0.478 e. The second kappa shape index (κ2) is 6.87. The number of likely N-dealkylation sites (tertiary alicyclic amines) is 1. The van der Waals surface area contributed by atoms with E-state index >= 15 is 0 Å². The fraction of sp³-hybridized carbons (Fsp3) is 0.533. The molecule has 1 aromatic rings. The average molecular weight is 279 g/mol. The molecule has 1 aromatic heterocycles. The van der Waals surface area contributed by atoms with Crippen molar-refractivity contribution in [2.45, 2.75) is 32.7 Å². The van der Waals surface area contributed by atoms with Crippen molar-refractivity contribution in [2.24, 2.45) is 5.92 Å². The molecular weight excluding hydrogens is 258 g/mol. The first-order valence-electron chi connectivity index (χ1n) is 6.88. The minimum atomic E-state index is -0.894. The summed E-state index contributed by atoms with van der Waals surface area (Å²) in [7, 11) is 0. The fourth-order valence-electron chi connectivity index (χ4n) is 2.58. The predicted octanol–water partition coefficient (Wildman–Crippen LogP) is 3.47. The molecule has 0 spiro atoms. The number of carbonyl (C=O) groups is 1. The smallest absolute Gasteiger partial charge is 0.328 e. The number of nitrogens with zero attached hydrogens (tertiary/aromatic N) is 1. The van der Waals surface area contributed by atoms with Crippen LogP contribution in [0.2, 0.25) is 0 Å². The number of piperidine rings is 1. The molecule has 0 radical (unpaired) electrons. The summed E-state index contributed by atoms with van der Waals surface area (Å²) in [6.07, 6.45) is 6.79. The highest BCUT2D eigenvalue weighted by Crippen LogP contribution is 2.23. The van der Waals surface area contributed by atoms with Gasteiger partial charge in [-0.05, 0) is 48.4 Å². The maximum Gasteiger partial charge on any atom is 0.328 e. The maximum atomic E-state index is 10.5. The zero-order valence-electron chi connectivity index (χ0n) is 11.3. The van der Waals surface area contributed by atoms with Crippen LogP contribution in [-0.4, -0.2) is 29.1 Å². The molecule has 104 valence electrons. The zero-order chi connectivity index (χ0) is 13.7. The molecule has 1 unspecified atom stereocenters. The van der Waals surface area contributed by atoms with Gasteiger partial charge in [0.25, 0.3) is 0 Å². The van der Waals surface area contributed by atoms with Gasteiger partial charge in [-0.25, -0.2) is 4.79 Å². The quantitative estimate of drug-likeness (QED) is 0.839. The van der Waals surface area contributed by atoms with Crippen molar-refractivity contribution in [3.05, 3.63) is 28.0 Å². The van der Waals surface area contributed by atoms with E-state index < -0.39 is 5.97 Å². The lowest BCUT2D eigenvalue weighted by atomic mass is 9.96. The van der Waals surface area contributed by atoms with Gasteiger partial charge >= 0.3 is 5.97 Å². The van der Waals surface area contributed by atoms with Crippen LogP contribution in [0.4, 0.5) is 0 Å². The van der Waals surface area contributed by atoms with E-state index in [1.165, 1.54) is 43.3 Å². The number of carboxylic acids is 1. The van der Waals surface area contributed by atoms with Gasteiger partial charge in [-0.3, -0.25) is 4.90 Å². The fourth-order valence-corrected chi connectivity index (χ4v) is 3.48. The highest BCUT2D eigenvalue weighted by Gasteiger charge is 2.18. The first-order valence-corrected chi connectivity index (χ1v) is 7.76. The summed E-state index contributed by atoms with van der Waals surface area (Å²) in [5.74, 6) is -0.0466. The topological polar surface area (TPSA) is 40.5 Å². The third kappa shape index (κ3) is 4.48. The lowest BCUT2D eigenvalue weighted by Gasteiger charge is -2.31. The Morgan fingerprint density at radius 2 is 2.47 bits per heavy atom. The molecule has 4 heteroatoms. The van der Waals surface area contributed by atoms with Crippen LogP contribution in [0.15, 0.2) is 17.5 Å². The lowest BCUT2D eigenvalue weighted by molar-refractivity contribution is -0.131. The Morgan fingerprint density at radius 3 is 3.21 bits per heavy atom. The molecule has 1 aliphatic rings. The van der Waals surface area contributed by atoms with Gasteiger partial charge < -0.3 is 5.11 Å². The van der Waals surface area contributed by atoms with Gasteiger partial charge in [-0.2, -0.15) is 0 Å². The van der Waals surface area contributed by atoms with E-state index in [-0.39, 0.29) is 0 Å². The van der Waals surface area contributed by atoms with Crippen LogP contribution in [0.5, 0.6) is 0 Å². The van der Waals surface area contributed by atoms with Crippen molar-refractivity contribution >= 4 is 23.4 Å². The zero-order valence-corrected chi connectivity index (χ0v) is 12.2. The van der Waals surface area contributed by atoms with E-state index in [0.29, 0.717) is 0 Å². The van der Waals surface area contributed by atoms with E-state index in [9.17, 15) is 4.79 Å². The Balaban J connectivity index is 1.90. The number of carboxylic acid groups (broad SMARTS) is 1. The molecule has 3 nitrogen and oxygen atoms in total. The van der Waals surface area contributed by atoms with Crippen LogP contribution in [0.25, 0.3) is 6.08 Å². The minimum absolute atomic E-state index is 0.847. The summed E-state index contributed by atoms with van der Waals surface area (Å²) < 4.78 is 0. The second-order valence-electron chi connectivity index (χ2n) is 5.17. The first-order chi connectivity index (χ1) is 9.17. The van der Waals surface area contributed by atoms with Crippen molar-refractivity contribution < 1.29 is 9.90 Å². The molecule has 0 aliphatic carbocycles. The Hall–Kier alpha value is -1.13. The summed E-state index contributed by atoms with van der Waals surface area (Å²) in [6, 6.07) is 2.10. The maximum absolute atomic E-state index is 10.5. The van der Waals surface area contributed by atoms with Crippen LogP contribution >= 0.6 is 11.3 Å². The summed E-state index contributed by atoms with van der Waals surface area (Å²) in [5, 5.41) is 10.6. The Labute approximate surface area is 118 Å². The summed E-state index contributed by atoms with van der Waals surface area (Å²) >= 11 is 1.72. The van der Waals surface area contributed by atoms with Gasteiger partial charge in [-0.1, -0.05) is 13.3 Å². The van der Waals surface area contributed by atoms with Crippen LogP contribution in [-0.2, 0) is 11.3 Å². The van der Waals surface area contributed by atoms with Crippen molar-refractivity contribution in [1.29, 1.82) is 0 Å². The Bertz CT molecular complexity index is 453.